The van der Waals surface area contributed by atoms with E-state index in [0.29, 0.717) is 39.9 Å². The van der Waals surface area contributed by atoms with E-state index in [-0.39, 0.29) is 18.1 Å². The van der Waals surface area contributed by atoms with Gasteiger partial charge in [0.1, 0.15) is 11.4 Å². The lowest BCUT2D eigenvalue weighted by Gasteiger charge is -3.12. The van der Waals surface area contributed by atoms with Gasteiger partial charge in [-0.2, -0.15) is 5.10 Å². The van der Waals surface area contributed by atoms with Crippen molar-refractivity contribution in [1.29, 1.82) is 0 Å². The van der Waals surface area contributed by atoms with Crippen LogP contribution in [0.5, 0.6) is 0 Å². The molecule has 0 spiro atoms. The number of nitrogens with one attached hydrogen (secondary N) is 2. The molecule has 0 saturated heterocycles. The van der Waals surface area contributed by atoms with Gasteiger partial charge in [-0.3, -0.25) is 14.2 Å². The van der Waals surface area contributed by atoms with Gasteiger partial charge < -0.3 is 20.0 Å². The van der Waals surface area contributed by atoms with Gasteiger partial charge in [0.05, 0.1) is 11.7 Å². The van der Waals surface area contributed by atoms with Gasteiger partial charge in [-0.05, 0) is 72.7 Å². The number of benzene rings is 1. The summed E-state index contributed by atoms with van der Waals surface area (Å²) >= 11 is 0. The van der Waals surface area contributed by atoms with Crippen LogP contribution in [0.2, 0.25) is 0 Å². The highest BCUT2D eigenvalue weighted by atomic mass is 16.4. The highest BCUT2D eigenvalue weighted by Gasteiger charge is 3.09. The minimum Gasteiger partial charge on any atom is -0.408 e. The van der Waals surface area contributed by atoms with Crippen LogP contribution in [0.1, 0.15) is 26.5 Å². The molecule has 6 aliphatic rings. The maximum absolute atomic E-state index is 13.4. The number of aryl methyl sites for hydroxylation is 1. The van der Waals surface area contributed by atoms with Gasteiger partial charge in [0.2, 0.25) is 0 Å². The summed E-state index contributed by atoms with van der Waals surface area (Å²) in [5.74, 6) is 3.74. The lowest BCUT2D eigenvalue weighted by Crippen LogP contribution is -3.15. The van der Waals surface area contributed by atoms with Crippen LogP contribution >= 0.6 is 0 Å². The fraction of sp³-hybridized carbons (Fsp3) is 0.464. The molecule has 0 unspecified atom stereocenters. The Hall–Kier alpha value is -3.99. The summed E-state index contributed by atoms with van der Waals surface area (Å²) in [5, 5.41) is 10.3. The van der Waals surface area contributed by atoms with E-state index in [2.05, 4.69) is 39.7 Å². The predicted octanol–water partition coefficient (Wildman–Crippen LogP) is 0.886. The first kappa shape index (κ1) is 21.9. The molecule has 1 aromatic carbocycles. The maximum Gasteiger partial charge on any atom is 0.419 e. The van der Waals surface area contributed by atoms with Gasteiger partial charge in [0, 0.05) is 37.8 Å². The van der Waals surface area contributed by atoms with Crippen molar-refractivity contribution in [3.05, 3.63) is 64.0 Å². The first-order valence-corrected chi connectivity index (χ1v) is 13.5. The van der Waals surface area contributed by atoms with E-state index >= 15 is 0 Å². The highest BCUT2D eigenvalue weighted by Crippen LogP contribution is 3.07. The standard InChI is InChI=1S/C28H27N7O4/c1-33(2)28-21-18-22(28)20-23(28)19(21)27(18,20)11-30-25(37)15-9-13(32-17-6-7-31-35(15)17)24(36)29-10-12-4-5-16-14(8-12)34(3)26(38)39-16/h4-9,18-23H,10-11H2,1-3H3,(H,29,36)(H,30,37). The quantitative estimate of drug-likeness (QED) is 0.367. The number of hydrogen-bond acceptors (Lipinski definition) is 7. The molecule has 3 heterocycles. The molecular formula is C28H27N7O4. The molecule has 198 valence electrons. The number of fused-ring (bicyclic) bond motifs is 2. The summed E-state index contributed by atoms with van der Waals surface area (Å²) in [6, 6.07) is 8.49. The van der Waals surface area contributed by atoms with Crippen molar-refractivity contribution < 1.29 is 14.0 Å². The van der Waals surface area contributed by atoms with Crippen LogP contribution < -0.4 is 16.4 Å². The largest absolute Gasteiger partial charge is 0.419 e. The number of oxazole rings is 1. The molecule has 6 saturated carbocycles. The Balaban J connectivity index is 0.920. The first-order chi connectivity index (χ1) is 18.8. The predicted molar refractivity (Wildman–Crippen MR) is 138 cm³/mol. The van der Waals surface area contributed by atoms with Crippen LogP contribution in [0.4, 0.5) is 0 Å². The van der Waals surface area contributed by atoms with E-state index in [9.17, 15) is 14.4 Å². The Morgan fingerprint density at radius 1 is 1.03 bits per heavy atom. The van der Waals surface area contributed by atoms with Crippen molar-refractivity contribution in [2.75, 3.05) is 20.6 Å². The minimum absolute atomic E-state index is 0.148. The van der Waals surface area contributed by atoms with Gasteiger partial charge in [0.25, 0.3) is 11.8 Å². The molecular weight excluding hydrogens is 498 g/mol. The van der Waals surface area contributed by atoms with E-state index in [4.69, 9.17) is 4.42 Å². The van der Waals surface area contributed by atoms with Gasteiger partial charge in [-0.25, -0.2) is 14.3 Å². The fourth-order valence-corrected chi connectivity index (χ4v) is 10.0. The van der Waals surface area contributed by atoms with Crippen LogP contribution in [0.3, 0.4) is 0 Å². The third-order valence-corrected chi connectivity index (χ3v) is 11.2. The Kier molecular flexibility index (Phi) is 3.70. The Morgan fingerprint density at radius 3 is 2.49 bits per heavy atom. The van der Waals surface area contributed by atoms with Crippen molar-refractivity contribution >= 4 is 28.6 Å². The Bertz CT molecular complexity index is 1790. The normalized spacial score (nSPS) is 35.5. The monoisotopic (exact) mass is 525 g/mol. The lowest BCUT2D eigenvalue weighted by atomic mass is 8.94. The molecule has 0 atom stereocenters. The topological polar surface area (TPSA) is 127 Å². The number of carbonyl (C=O) groups excluding carboxylic acids is 2. The van der Waals surface area contributed by atoms with Crippen molar-refractivity contribution in [1.82, 2.24) is 34.7 Å². The van der Waals surface area contributed by atoms with Gasteiger partial charge in [0.15, 0.2) is 11.2 Å². The molecule has 10 rings (SSSR count). The fourth-order valence-electron chi connectivity index (χ4n) is 10.0. The molecule has 11 heteroatoms. The second kappa shape index (κ2) is 6.59. The van der Waals surface area contributed by atoms with Gasteiger partial charge >= 0.3 is 5.76 Å². The van der Waals surface area contributed by atoms with Crippen molar-refractivity contribution in [2.24, 2.45) is 48.0 Å². The molecule has 11 nitrogen and oxygen atoms in total. The number of aromatic nitrogens is 4. The summed E-state index contributed by atoms with van der Waals surface area (Å²) < 4.78 is 8.08. The maximum atomic E-state index is 13.4. The zero-order chi connectivity index (χ0) is 26.6. The smallest absolute Gasteiger partial charge is 0.408 e. The molecule has 4 aromatic rings. The molecule has 3 aromatic heterocycles. The second-order valence-corrected chi connectivity index (χ2v) is 12.3. The van der Waals surface area contributed by atoms with Gasteiger partial charge in [-0.15, -0.1) is 0 Å². The minimum atomic E-state index is -0.437. The number of carbonyl (C=O) groups is 2. The molecule has 39 heavy (non-hydrogen) atoms. The van der Waals surface area contributed by atoms with E-state index < -0.39 is 11.7 Å². The molecule has 6 aliphatic carbocycles. The first-order valence-electron chi connectivity index (χ1n) is 13.5. The Labute approximate surface area is 222 Å². The van der Waals surface area contributed by atoms with Crippen LogP contribution in [-0.4, -0.2) is 62.1 Å². The van der Waals surface area contributed by atoms with E-state index in [1.165, 1.54) is 15.1 Å². The number of hydrogen-bond donors (Lipinski definition) is 2. The number of nitrogens with zero attached hydrogens (tertiary/aromatic N) is 5. The van der Waals surface area contributed by atoms with E-state index in [0.717, 1.165) is 41.1 Å². The van der Waals surface area contributed by atoms with Crippen LogP contribution in [-0.2, 0) is 13.6 Å². The summed E-state index contributed by atoms with van der Waals surface area (Å²) in [6.45, 7) is 0.927. The zero-order valence-corrected chi connectivity index (χ0v) is 21.7. The van der Waals surface area contributed by atoms with E-state index in [1.54, 1.807) is 37.5 Å². The van der Waals surface area contributed by atoms with Crippen LogP contribution in [0.25, 0.3) is 16.7 Å². The van der Waals surface area contributed by atoms with Gasteiger partial charge in [-0.1, -0.05) is 6.07 Å². The average molecular weight is 526 g/mol. The highest BCUT2D eigenvalue weighted by molar-refractivity contribution is 5.98. The third-order valence-electron chi connectivity index (χ3n) is 11.2. The van der Waals surface area contributed by atoms with Crippen molar-refractivity contribution in [3.63, 3.8) is 0 Å². The summed E-state index contributed by atoms with van der Waals surface area (Å²) in [4.78, 5) is 45.1. The van der Waals surface area contributed by atoms with E-state index in [1.807, 2.05) is 0 Å². The average Bonchev–Trinajstić information content (AvgIpc) is 3.53. The Morgan fingerprint density at radius 2 is 1.77 bits per heavy atom. The molecule has 6 fully saturated rings. The summed E-state index contributed by atoms with van der Waals surface area (Å²) in [7, 11) is 6.09. The number of amides is 2. The summed E-state index contributed by atoms with van der Waals surface area (Å²) in [6.07, 6.45) is 1.57. The molecule has 2 N–H and O–H groups in total. The summed E-state index contributed by atoms with van der Waals surface area (Å²) in [5.41, 5.74) is 3.62. The van der Waals surface area contributed by atoms with Crippen molar-refractivity contribution in [3.8, 4) is 0 Å². The van der Waals surface area contributed by atoms with Crippen molar-refractivity contribution in [2.45, 2.75) is 12.1 Å². The second-order valence-electron chi connectivity index (χ2n) is 12.3. The molecule has 0 bridgehead atoms. The molecule has 0 radical (unpaired) electrons. The van der Waals surface area contributed by atoms with Crippen LogP contribution in [0.15, 0.2) is 45.7 Å². The number of rotatable bonds is 7. The third kappa shape index (κ3) is 2.13. The molecule has 0 aliphatic heterocycles. The lowest BCUT2D eigenvalue weighted by molar-refractivity contribution is -0.639. The van der Waals surface area contributed by atoms with Crippen LogP contribution in [0, 0.1) is 40.9 Å². The SMILES string of the molecule is CN(C)C12C3C4C1C1C2C3C41CNC(=O)c1cc(C(=O)NCc2ccc3oc(=O)n(C)c3c2)nc2ccnn12. The zero-order valence-electron chi connectivity index (χ0n) is 21.7. The molecule has 2 amide bonds.